The minimum Gasteiger partial charge on any atom is -0.381 e. The van der Waals surface area contributed by atoms with E-state index < -0.39 is 0 Å². The van der Waals surface area contributed by atoms with Crippen molar-refractivity contribution in [3.63, 3.8) is 0 Å². The first-order chi connectivity index (χ1) is 7.24. The molecule has 0 aromatic heterocycles. The molecular formula is C11H20N2O2. The topological polar surface area (TPSA) is 50.4 Å². The van der Waals surface area contributed by atoms with Crippen LogP contribution in [0.2, 0.25) is 0 Å². The minimum absolute atomic E-state index is 0.0382. The van der Waals surface area contributed by atoms with Gasteiger partial charge in [-0.25, -0.2) is 0 Å². The average molecular weight is 212 g/mol. The van der Waals surface area contributed by atoms with Crippen molar-refractivity contribution in [2.45, 2.75) is 19.4 Å². The van der Waals surface area contributed by atoms with Crippen molar-refractivity contribution in [2.24, 2.45) is 5.92 Å². The van der Waals surface area contributed by atoms with Crippen molar-refractivity contribution >= 4 is 5.91 Å². The molecular weight excluding hydrogens is 192 g/mol. The van der Waals surface area contributed by atoms with Gasteiger partial charge in [0.2, 0.25) is 5.91 Å². The molecule has 1 aliphatic rings. The SMILES string of the molecule is C=CCNCC(=O)NC(C)C1CCOC1. The van der Waals surface area contributed by atoms with Crippen LogP contribution in [0.1, 0.15) is 13.3 Å². The summed E-state index contributed by atoms with van der Waals surface area (Å²) in [6.07, 6.45) is 2.78. The molecule has 86 valence electrons. The van der Waals surface area contributed by atoms with Crippen LogP contribution < -0.4 is 10.6 Å². The van der Waals surface area contributed by atoms with E-state index in [0.29, 0.717) is 19.0 Å². The molecule has 15 heavy (non-hydrogen) atoms. The van der Waals surface area contributed by atoms with Gasteiger partial charge in [0.1, 0.15) is 0 Å². The molecule has 1 amide bonds. The normalized spacial score (nSPS) is 22.3. The molecule has 4 nitrogen and oxygen atoms in total. The summed E-state index contributed by atoms with van der Waals surface area (Å²) >= 11 is 0. The Bertz CT molecular complexity index is 213. The Morgan fingerprint density at radius 2 is 2.53 bits per heavy atom. The molecule has 0 saturated carbocycles. The molecule has 2 N–H and O–H groups in total. The Morgan fingerprint density at radius 1 is 1.73 bits per heavy atom. The van der Waals surface area contributed by atoms with Crippen molar-refractivity contribution in [3.05, 3.63) is 12.7 Å². The fraction of sp³-hybridized carbons (Fsp3) is 0.727. The number of nitrogens with one attached hydrogen (secondary N) is 2. The highest BCUT2D eigenvalue weighted by Gasteiger charge is 2.23. The highest BCUT2D eigenvalue weighted by molar-refractivity contribution is 5.78. The zero-order chi connectivity index (χ0) is 11.1. The number of hydrogen-bond donors (Lipinski definition) is 2. The molecule has 2 unspecified atom stereocenters. The monoisotopic (exact) mass is 212 g/mol. The second kappa shape index (κ2) is 6.58. The fourth-order valence-electron chi connectivity index (χ4n) is 1.66. The van der Waals surface area contributed by atoms with Crippen LogP contribution in [-0.4, -0.2) is 38.3 Å². The first-order valence-corrected chi connectivity index (χ1v) is 5.42. The Hall–Kier alpha value is -0.870. The van der Waals surface area contributed by atoms with E-state index in [2.05, 4.69) is 17.2 Å². The molecule has 2 atom stereocenters. The number of rotatable bonds is 6. The highest BCUT2D eigenvalue weighted by atomic mass is 16.5. The molecule has 0 aromatic rings. The summed E-state index contributed by atoms with van der Waals surface area (Å²) in [4.78, 5) is 11.4. The van der Waals surface area contributed by atoms with Crippen LogP contribution in [0.3, 0.4) is 0 Å². The van der Waals surface area contributed by atoms with Crippen LogP contribution in [-0.2, 0) is 9.53 Å². The van der Waals surface area contributed by atoms with Gasteiger partial charge >= 0.3 is 0 Å². The van der Waals surface area contributed by atoms with Crippen LogP contribution in [0.5, 0.6) is 0 Å². The van der Waals surface area contributed by atoms with Crippen LogP contribution >= 0.6 is 0 Å². The second-order valence-corrected chi connectivity index (χ2v) is 3.90. The van der Waals surface area contributed by atoms with Gasteiger partial charge in [0.05, 0.1) is 13.2 Å². The van der Waals surface area contributed by atoms with Gasteiger partial charge < -0.3 is 15.4 Å². The largest absolute Gasteiger partial charge is 0.381 e. The Kier molecular flexibility index (Phi) is 5.36. The number of hydrogen-bond acceptors (Lipinski definition) is 3. The van der Waals surface area contributed by atoms with Crippen molar-refractivity contribution in [2.75, 3.05) is 26.3 Å². The summed E-state index contributed by atoms with van der Waals surface area (Å²) in [6, 6.07) is 0.200. The van der Waals surface area contributed by atoms with Gasteiger partial charge in [-0.15, -0.1) is 6.58 Å². The van der Waals surface area contributed by atoms with Gasteiger partial charge in [0.25, 0.3) is 0 Å². The first-order valence-electron chi connectivity index (χ1n) is 5.42. The second-order valence-electron chi connectivity index (χ2n) is 3.90. The van der Waals surface area contributed by atoms with E-state index in [1.165, 1.54) is 0 Å². The molecule has 0 aliphatic carbocycles. The summed E-state index contributed by atoms with van der Waals surface area (Å²) in [5.41, 5.74) is 0. The number of ether oxygens (including phenoxy) is 1. The maximum absolute atomic E-state index is 11.4. The molecule has 4 heteroatoms. The third-order valence-corrected chi connectivity index (χ3v) is 2.63. The minimum atomic E-state index is 0.0382. The molecule has 0 spiro atoms. The van der Waals surface area contributed by atoms with Crippen LogP contribution in [0.25, 0.3) is 0 Å². The summed E-state index contributed by atoms with van der Waals surface area (Å²) in [5.74, 6) is 0.504. The standard InChI is InChI=1S/C11H20N2O2/c1-3-5-12-7-11(14)13-9(2)10-4-6-15-8-10/h3,9-10,12H,1,4-8H2,2H3,(H,13,14). The third-order valence-electron chi connectivity index (χ3n) is 2.63. The average Bonchev–Trinajstić information content (AvgIpc) is 2.70. The molecule has 1 fully saturated rings. The van der Waals surface area contributed by atoms with Crippen molar-refractivity contribution in [3.8, 4) is 0 Å². The fourth-order valence-corrected chi connectivity index (χ4v) is 1.66. The summed E-state index contributed by atoms with van der Waals surface area (Å²) < 4.78 is 5.28. The van der Waals surface area contributed by atoms with Gasteiger partial charge in [-0.1, -0.05) is 6.08 Å². The van der Waals surface area contributed by atoms with Crippen molar-refractivity contribution < 1.29 is 9.53 Å². The van der Waals surface area contributed by atoms with Crippen LogP contribution in [0.4, 0.5) is 0 Å². The quantitative estimate of drug-likeness (QED) is 0.492. The van der Waals surface area contributed by atoms with Gasteiger partial charge in [0, 0.05) is 25.1 Å². The van der Waals surface area contributed by atoms with E-state index in [-0.39, 0.29) is 11.9 Å². The highest BCUT2D eigenvalue weighted by Crippen LogP contribution is 2.15. The van der Waals surface area contributed by atoms with Gasteiger partial charge in [-0.2, -0.15) is 0 Å². The van der Waals surface area contributed by atoms with Crippen LogP contribution in [0.15, 0.2) is 12.7 Å². The van der Waals surface area contributed by atoms with Gasteiger partial charge in [0.15, 0.2) is 0 Å². The lowest BCUT2D eigenvalue weighted by Crippen LogP contribution is -2.42. The summed E-state index contributed by atoms with van der Waals surface area (Å²) in [6.45, 7) is 8.20. The van der Waals surface area contributed by atoms with E-state index in [9.17, 15) is 4.79 Å². The number of carbonyl (C=O) groups is 1. The number of carbonyl (C=O) groups excluding carboxylic acids is 1. The maximum Gasteiger partial charge on any atom is 0.234 e. The first kappa shape index (κ1) is 12.2. The van der Waals surface area contributed by atoms with Gasteiger partial charge in [-0.3, -0.25) is 4.79 Å². The molecule has 0 bridgehead atoms. The van der Waals surface area contributed by atoms with E-state index >= 15 is 0 Å². The predicted octanol–water partition coefficient (Wildman–Crippen LogP) is 0.303. The lowest BCUT2D eigenvalue weighted by atomic mass is 10.0. The molecule has 1 aliphatic heterocycles. The maximum atomic E-state index is 11.4. The number of amides is 1. The third kappa shape index (κ3) is 4.44. The Balaban J connectivity index is 2.15. The van der Waals surface area contributed by atoms with E-state index in [4.69, 9.17) is 4.74 Å². The van der Waals surface area contributed by atoms with E-state index in [0.717, 1.165) is 19.6 Å². The molecule has 1 rings (SSSR count). The lowest BCUT2D eigenvalue weighted by Gasteiger charge is -2.19. The lowest BCUT2D eigenvalue weighted by molar-refractivity contribution is -0.121. The molecule has 1 saturated heterocycles. The smallest absolute Gasteiger partial charge is 0.234 e. The van der Waals surface area contributed by atoms with Crippen LogP contribution in [0, 0.1) is 5.92 Å². The molecule has 0 radical (unpaired) electrons. The van der Waals surface area contributed by atoms with Crippen molar-refractivity contribution in [1.82, 2.24) is 10.6 Å². The Labute approximate surface area is 91.1 Å². The van der Waals surface area contributed by atoms with E-state index in [1.807, 2.05) is 6.92 Å². The summed E-state index contributed by atoms with van der Waals surface area (Å²) in [7, 11) is 0. The Morgan fingerprint density at radius 3 is 3.13 bits per heavy atom. The zero-order valence-electron chi connectivity index (χ0n) is 9.29. The molecule has 1 heterocycles. The van der Waals surface area contributed by atoms with Crippen molar-refractivity contribution in [1.29, 1.82) is 0 Å². The zero-order valence-corrected chi connectivity index (χ0v) is 9.29. The van der Waals surface area contributed by atoms with E-state index in [1.54, 1.807) is 6.08 Å². The predicted molar refractivity (Wildman–Crippen MR) is 59.6 cm³/mol. The van der Waals surface area contributed by atoms with Gasteiger partial charge in [-0.05, 0) is 13.3 Å². The summed E-state index contributed by atoms with van der Waals surface area (Å²) in [5, 5.41) is 5.93. The molecule has 0 aromatic carbocycles.